The Morgan fingerprint density at radius 1 is 1.61 bits per heavy atom. The number of aliphatic hydroxyl groups excluding tert-OH is 1. The van der Waals surface area contributed by atoms with Crippen molar-refractivity contribution in [3.63, 3.8) is 0 Å². The summed E-state index contributed by atoms with van der Waals surface area (Å²) in [5.74, 6) is 0.752. The molecular formula is C13H19N3O2. The van der Waals surface area contributed by atoms with Crippen LogP contribution < -0.4 is 5.32 Å². The molecule has 1 aromatic rings. The van der Waals surface area contributed by atoms with E-state index in [1.54, 1.807) is 17.9 Å². The molecule has 98 valence electrons. The maximum absolute atomic E-state index is 12.0. The quantitative estimate of drug-likeness (QED) is 0.837. The number of pyridine rings is 1. The van der Waals surface area contributed by atoms with Crippen molar-refractivity contribution in [3.05, 3.63) is 23.9 Å². The second kappa shape index (κ2) is 5.35. The Labute approximate surface area is 107 Å². The number of urea groups is 1. The number of likely N-dealkylation sites (tertiary alicyclic amines) is 1. The molecule has 5 heteroatoms. The zero-order chi connectivity index (χ0) is 13.1. The molecule has 0 saturated carbocycles. The van der Waals surface area contributed by atoms with Gasteiger partial charge < -0.3 is 10.0 Å². The van der Waals surface area contributed by atoms with E-state index in [9.17, 15) is 9.90 Å². The molecule has 0 bridgehead atoms. The number of hydrogen-bond donors (Lipinski definition) is 2. The average Bonchev–Trinajstić information content (AvgIpc) is 2.78. The van der Waals surface area contributed by atoms with Crippen molar-refractivity contribution in [2.75, 3.05) is 18.4 Å². The highest BCUT2D eigenvalue weighted by Crippen LogP contribution is 2.20. The number of hydrogen-bond acceptors (Lipinski definition) is 3. The Kier molecular flexibility index (Phi) is 3.81. The van der Waals surface area contributed by atoms with E-state index in [1.165, 1.54) is 0 Å². The Morgan fingerprint density at radius 3 is 3.00 bits per heavy atom. The van der Waals surface area contributed by atoms with E-state index in [0.29, 0.717) is 18.9 Å². The van der Waals surface area contributed by atoms with Gasteiger partial charge in [-0.3, -0.25) is 5.32 Å². The minimum atomic E-state index is -0.361. The van der Waals surface area contributed by atoms with Crippen molar-refractivity contribution >= 4 is 11.8 Å². The van der Waals surface area contributed by atoms with E-state index in [0.717, 1.165) is 12.1 Å². The molecule has 0 spiro atoms. The zero-order valence-corrected chi connectivity index (χ0v) is 10.8. The molecule has 2 amide bonds. The molecule has 5 nitrogen and oxygen atoms in total. The number of rotatable bonds is 2. The third kappa shape index (κ3) is 2.98. The van der Waals surface area contributed by atoms with Crippen LogP contribution in [0, 0.1) is 12.8 Å². The third-order valence-electron chi connectivity index (χ3n) is 3.32. The van der Waals surface area contributed by atoms with Crippen molar-refractivity contribution in [2.24, 2.45) is 5.92 Å². The van der Waals surface area contributed by atoms with Crippen molar-refractivity contribution in [2.45, 2.75) is 26.4 Å². The van der Waals surface area contributed by atoms with Gasteiger partial charge in [-0.05, 0) is 32.4 Å². The highest BCUT2D eigenvalue weighted by Gasteiger charge is 2.29. The molecule has 0 aliphatic carbocycles. The topological polar surface area (TPSA) is 65.5 Å². The van der Waals surface area contributed by atoms with Gasteiger partial charge in [0.1, 0.15) is 5.82 Å². The van der Waals surface area contributed by atoms with Crippen LogP contribution in [0.15, 0.2) is 18.2 Å². The molecule has 0 aromatic carbocycles. The molecule has 1 aliphatic heterocycles. The summed E-state index contributed by atoms with van der Waals surface area (Å²) >= 11 is 0. The molecule has 2 N–H and O–H groups in total. The van der Waals surface area contributed by atoms with Gasteiger partial charge in [-0.25, -0.2) is 9.78 Å². The monoisotopic (exact) mass is 249 g/mol. The lowest BCUT2D eigenvalue weighted by atomic mass is 10.0. The van der Waals surface area contributed by atoms with E-state index in [2.05, 4.69) is 10.3 Å². The Bertz CT molecular complexity index is 434. The largest absolute Gasteiger partial charge is 0.393 e. The molecule has 2 rings (SSSR count). The average molecular weight is 249 g/mol. The van der Waals surface area contributed by atoms with Gasteiger partial charge in [0.05, 0.1) is 6.10 Å². The summed E-state index contributed by atoms with van der Waals surface area (Å²) in [6, 6.07) is 5.37. The van der Waals surface area contributed by atoms with E-state index < -0.39 is 0 Å². The van der Waals surface area contributed by atoms with Crippen LogP contribution in [-0.4, -0.2) is 40.2 Å². The highest BCUT2D eigenvalue weighted by molar-refractivity contribution is 5.88. The second-order valence-electron chi connectivity index (χ2n) is 4.83. The minimum Gasteiger partial charge on any atom is -0.393 e. The standard InChI is InChI=1S/C13H19N3O2/c1-9-4-3-5-12(14-9)15-13(18)16-7-6-11(8-16)10(2)17/h3-5,10-11,17H,6-8H2,1-2H3,(H,14,15,18)/t10-,11-/m1/s1. The van der Waals surface area contributed by atoms with Crippen molar-refractivity contribution in [3.8, 4) is 0 Å². The first kappa shape index (κ1) is 12.8. The van der Waals surface area contributed by atoms with Crippen LogP contribution in [0.25, 0.3) is 0 Å². The molecule has 0 radical (unpaired) electrons. The third-order valence-corrected chi connectivity index (χ3v) is 3.32. The summed E-state index contributed by atoms with van der Waals surface area (Å²) in [5.41, 5.74) is 0.871. The SMILES string of the molecule is Cc1cccc(NC(=O)N2CC[C@@H]([C@@H](C)O)C2)n1. The predicted octanol–water partition coefficient (Wildman–Crippen LogP) is 1.62. The van der Waals surface area contributed by atoms with Gasteiger partial charge in [0.25, 0.3) is 0 Å². The van der Waals surface area contributed by atoms with Crippen LogP contribution in [0.4, 0.5) is 10.6 Å². The second-order valence-corrected chi connectivity index (χ2v) is 4.83. The van der Waals surface area contributed by atoms with E-state index >= 15 is 0 Å². The molecule has 1 aromatic heterocycles. The van der Waals surface area contributed by atoms with Gasteiger partial charge in [-0.1, -0.05) is 6.07 Å². The maximum Gasteiger partial charge on any atom is 0.323 e. The lowest BCUT2D eigenvalue weighted by Gasteiger charge is -2.18. The molecule has 1 fully saturated rings. The number of aromatic nitrogens is 1. The molecule has 0 unspecified atom stereocenters. The summed E-state index contributed by atoms with van der Waals surface area (Å²) < 4.78 is 0. The lowest BCUT2D eigenvalue weighted by Crippen LogP contribution is -2.34. The van der Waals surface area contributed by atoms with Crippen molar-refractivity contribution in [1.82, 2.24) is 9.88 Å². The summed E-state index contributed by atoms with van der Waals surface area (Å²) in [5, 5.41) is 12.3. The summed E-state index contributed by atoms with van der Waals surface area (Å²) in [7, 11) is 0. The van der Waals surface area contributed by atoms with Crippen LogP contribution in [0.5, 0.6) is 0 Å². The molecule has 1 aliphatic rings. The Morgan fingerprint density at radius 2 is 2.39 bits per heavy atom. The number of nitrogens with one attached hydrogen (secondary N) is 1. The fourth-order valence-electron chi connectivity index (χ4n) is 2.17. The predicted molar refractivity (Wildman–Crippen MR) is 69.4 cm³/mol. The first-order valence-corrected chi connectivity index (χ1v) is 6.24. The molecular weight excluding hydrogens is 230 g/mol. The fraction of sp³-hybridized carbons (Fsp3) is 0.538. The summed E-state index contributed by atoms with van der Waals surface area (Å²) in [6.45, 7) is 4.95. The number of aliphatic hydroxyl groups is 1. The van der Waals surface area contributed by atoms with Gasteiger partial charge in [-0.15, -0.1) is 0 Å². The van der Waals surface area contributed by atoms with Crippen LogP contribution in [0.3, 0.4) is 0 Å². The fourth-order valence-corrected chi connectivity index (χ4v) is 2.17. The molecule has 2 heterocycles. The summed E-state index contributed by atoms with van der Waals surface area (Å²) in [4.78, 5) is 17.9. The normalized spacial score (nSPS) is 20.8. The first-order valence-electron chi connectivity index (χ1n) is 6.24. The Balaban J connectivity index is 1.93. The van der Waals surface area contributed by atoms with Gasteiger partial charge in [0, 0.05) is 24.7 Å². The van der Waals surface area contributed by atoms with Crippen molar-refractivity contribution in [1.29, 1.82) is 0 Å². The molecule has 1 saturated heterocycles. The molecule has 18 heavy (non-hydrogen) atoms. The minimum absolute atomic E-state index is 0.142. The Hall–Kier alpha value is -1.62. The smallest absolute Gasteiger partial charge is 0.323 e. The van der Waals surface area contributed by atoms with E-state index in [1.807, 2.05) is 19.1 Å². The number of carbonyl (C=O) groups excluding carboxylic acids is 1. The van der Waals surface area contributed by atoms with Gasteiger partial charge in [0.15, 0.2) is 0 Å². The number of aryl methyl sites for hydroxylation is 1. The van der Waals surface area contributed by atoms with Gasteiger partial charge in [0.2, 0.25) is 0 Å². The van der Waals surface area contributed by atoms with Crippen LogP contribution >= 0.6 is 0 Å². The molecule has 2 atom stereocenters. The van der Waals surface area contributed by atoms with Crippen LogP contribution in [0.1, 0.15) is 19.0 Å². The number of amides is 2. The van der Waals surface area contributed by atoms with E-state index in [-0.39, 0.29) is 18.1 Å². The highest BCUT2D eigenvalue weighted by atomic mass is 16.3. The maximum atomic E-state index is 12.0. The number of anilines is 1. The van der Waals surface area contributed by atoms with Crippen LogP contribution in [0.2, 0.25) is 0 Å². The van der Waals surface area contributed by atoms with E-state index in [4.69, 9.17) is 0 Å². The van der Waals surface area contributed by atoms with Gasteiger partial charge >= 0.3 is 6.03 Å². The number of carbonyl (C=O) groups is 1. The zero-order valence-electron chi connectivity index (χ0n) is 10.8. The van der Waals surface area contributed by atoms with Gasteiger partial charge in [-0.2, -0.15) is 0 Å². The summed E-state index contributed by atoms with van der Waals surface area (Å²) in [6.07, 6.45) is 0.492. The lowest BCUT2D eigenvalue weighted by molar-refractivity contribution is 0.130. The van der Waals surface area contributed by atoms with Crippen LogP contribution in [-0.2, 0) is 0 Å². The first-order chi connectivity index (χ1) is 8.56. The number of nitrogens with zero attached hydrogens (tertiary/aromatic N) is 2. The van der Waals surface area contributed by atoms with Crippen molar-refractivity contribution < 1.29 is 9.90 Å².